The average molecular weight is 427 g/mol. The fourth-order valence-corrected chi connectivity index (χ4v) is 4.76. The molecular weight excluding hydrogens is 396 g/mol. The van der Waals surface area contributed by atoms with E-state index < -0.39 is 0 Å². The van der Waals surface area contributed by atoms with Crippen molar-refractivity contribution in [2.45, 2.75) is 57.8 Å². The van der Waals surface area contributed by atoms with E-state index in [2.05, 4.69) is 63.2 Å². The number of aryl methyl sites for hydroxylation is 1. The number of benzene rings is 3. The van der Waals surface area contributed by atoms with Crippen LogP contribution < -0.4 is 9.47 Å². The number of hydrogen-bond acceptors (Lipinski definition) is 3. The van der Waals surface area contributed by atoms with Gasteiger partial charge in [-0.2, -0.15) is 0 Å². The molecule has 3 aromatic carbocycles. The number of ketones is 1. The standard InChI is InChI=1S/C29H30O3/c1-4-21-6-5-20(15-25(21)23-9-7-22(8-10-23)19(2)3)16-28(30)29(13-14-29)24-11-12-26-27(17-24)32-18-31-26/h5-12,15,17,19H,4,13-14,16,18H2,1-3H3. The van der Waals surface area contributed by atoms with Gasteiger partial charge in [0.15, 0.2) is 11.5 Å². The van der Waals surface area contributed by atoms with Crippen LogP contribution in [0.5, 0.6) is 11.5 Å². The van der Waals surface area contributed by atoms with E-state index in [9.17, 15) is 4.79 Å². The van der Waals surface area contributed by atoms with E-state index in [1.807, 2.05) is 18.2 Å². The van der Waals surface area contributed by atoms with E-state index >= 15 is 0 Å². The molecule has 0 unspecified atom stereocenters. The Morgan fingerprint density at radius 1 is 0.938 bits per heavy atom. The molecule has 0 saturated heterocycles. The summed E-state index contributed by atoms with van der Waals surface area (Å²) < 4.78 is 11.0. The van der Waals surface area contributed by atoms with Crippen molar-refractivity contribution in [3.8, 4) is 22.6 Å². The second kappa shape index (κ2) is 8.12. The van der Waals surface area contributed by atoms with Crippen LogP contribution in [0.25, 0.3) is 11.1 Å². The van der Waals surface area contributed by atoms with Crippen LogP contribution in [-0.4, -0.2) is 12.6 Å². The monoisotopic (exact) mass is 426 g/mol. The molecule has 0 aromatic heterocycles. The van der Waals surface area contributed by atoms with Crippen molar-refractivity contribution in [1.82, 2.24) is 0 Å². The van der Waals surface area contributed by atoms with Gasteiger partial charge in [-0.25, -0.2) is 0 Å². The number of carbonyl (C=O) groups excluding carboxylic acids is 1. The quantitative estimate of drug-likeness (QED) is 0.426. The smallest absolute Gasteiger partial charge is 0.231 e. The molecule has 1 heterocycles. The van der Waals surface area contributed by atoms with Crippen molar-refractivity contribution in [2.75, 3.05) is 6.79 Å². The Labute approximate surface area is 190 Å². The SMILES string of the molecule is CCc1ccc(CC(=O)C2(c3ccc4c(c3)OCO4)CC2)cc1-c1ccc(C(C)C)cc1. The summed E-state index contributed by atoms with van der Waals surface area (Å²) in [5.74, 6) is 2.33. The van der Waals surface area contributed by atoms with Crippen LogP contribution in [0.15, 0.2) is 60.7 Å². The number of carbonyl (C=O) groups is 1. The fourth-order valence-electron chi connectivity index (χ4n) is 4.76. The molecular formula is C29H30O3. The van der Waals surface area contributed by atoms with E-state index in [0.29, 0.717) is 18.1 Å². The maximum atomic E-state index is 13.4. The van der Waals surface area contributed by atoms with Crippen LogP contribution >= 0.6 is 0 Å². The predicted octanol–water partition coefficient (Wildman–Crippen LogP) is 6.61. The average Bonchev–Trinajstić information content (AvgIpc) is 3.50. The van der Waals surface area contributed by atoms with Crippen LogP contribution in [0, 0.1) is 0 Å². The Bertz CT molecular complexity index is 1150. The number of rotatable bonds is 7. The zero-order valence-electron chi connectivity index (χ0n) is 19.1. The first-order valence-corrected chi connectivity index (χ1v) is 11.7. The second-order valence-electron chi connectivity index (χ2n) is 9.37. The van der Waals surface area contributed by atoms with E-state index in [1.54, 1.807) is 0 Å². The molecule has 1 saturated carbocycles. The minimum absolute atomic E-state index is 0.254. The number of Topliss-reactive ketones (excluding diaryl/α,β-unsaturated/α-hetero) is 1. The van der Waals surface area contributed by atoms with Crippen LogP contribution in [0.2, 0.25) is 0 Å². The van der Waals surface area contributed by atoms with Gasteiger partial charge in [-0.3, -0.25) is 4.79 Å². The molecule has 0 radical (unpaired) electrons. The lowest BCUT2D eigenvalue weighted by molar-refractivity contribution is -0.120. The van der Waals surface area contributed by atoms with Crippen molar-refractivity contribution >= 4 is 5.78 Å². The van der Waals surface area contributed by atoms with Crippen molar-refractivity contribution in [3.05, 3.63) is 82.9 Å². The Morgan fingerprint density at radius 2 is 1.69 bits per heavy atom. The molecule has 0 amide bonds. The summed E-state index contributed by atoms with van der Waals surface area (Å²) in [6.07, 6.45) is 3.23. The molecule has 0 bridgehead atoms. The van der Waals surface area contributed by atoms with Gasteiger partial charge in [0.2, 0.25) is 6.79 Å². The molecule has 0 atom stereocenters. The van der Waals surface area contributed by atoms with Gasteiger partial charge in [-0.1, -0.05) is 69.3 Å². The minimum Gasteiger partial charge on any atom is -0.454 e. The Morgan fingerprint density at radius 3 is 2.38 bits per heavy atom. The van der Waals surface area contributed by atoms with Crippen molar-refractivity contribution in [2.24, 2.45) is 0 Å². The van der Waals surface area contributed by atoms with Gasteiger partial charge in [-0.15, -0.1) is 0 Å². The number of ether oxygens (including phenoxy) is 2. The van der Waals surface area contributed by atoms with E-state index in [4.69, 9.17) is 9.47 Å². The normalized spacial score (nSPS) is 15.8. The summed E-state index contributed by atoms with van der Waals surface area (Å²) in [7, 11) is 0. The third-order valence-corrected chi connectivity index (χ3v) is 7.02. The van der Waals surface area contributed by atoms with Gasteiger partial charge in [0.1, 0.15) is 5.78 Å². The van der Waals surface area contributed by atoms with Crippen molar-refractivity contribution < 1.29 is 14.3 Å². The summed E-state index contributed by atoms with van der Waals surface area (Å²) in [5.41, 5.74) is 6.89. The third-order valence-electron chi connectivity index (χ3n) is 7.02. The molecule has 164 valence electrons. The Kier molecular flexibility index (Phi) is 5.28. The molecule has 0 N–H and O–H groups in total. The zero-order valence-corrected chi connectivity index (χ0v) is 19.1. The van der Waals surface area contributed by atoms with Crippen LogP contribution in [0.3, 0.4) is 0 Å². The molecule has 3 heteroatoms. The maximum Gasteiger partial charge on any atom is 0.231 e. The summed E-state index contributed by atoms with van der Waals surface area (Å²) in [6, 6.07) is 21.3. The maximum absolute atomic E-state index is 13.4. The highest BCUT2D eigenvalue weighted by Crippen LogP contribution is 2.51. The predicted molar refractivity (Wildman–Crippen MR) is 128 cm³/mol. The first kappa shape index (κ1) is 20.8. The lowest BCUT2D eigenvalue weighted by atomic mass is 9.86. The summed E-state index contributed by atoms with van der Waals surface area (Å²) in [6.45, 7) is 6.87. The van der Waals surface area contributed by atoms with E-state index in [1.165, 1.54) is 22.3 Å². The van der Waals surface area contributed by atoms with Gasteiger partial charge in [0, 0.05) is 6.42 Å². The van der Waals surface area contributed by atoms with Crippen LogP contribution in [0.4, 0.5) is 0 Å². The van der Waals surface area contributed by atoms with Crippen molar-refractivity contribution in [1.29, 1.82) is 0 Å². The fraction of sp³-hybridized carbons (Fsp3) is 0.345. The molecule has 1 aliphatic heterocycles. The molecule has 1 fully saturated rings. The van der Waals surface area contributed by atoms with E-state index in [0.717, 1.165) is 41.9 Å². The van der Waals surface area contributed by atoms with Gasteiger partial charge < -0.3 is 9.47 Å². The molecule has 2 aliphatic rings. The molecule has 3 aromatic rings. The molecule has 5 rings (SSSR count). The second-order valence-corrected chi connectivity index (χ2v) is 9.37. The number of fused-ring (bicyclic) bond motifs is 1. The molecule has 0 spiro atoms. The Hall–Kier alpha value is -3.07. The minimum atomic E-state index is -0.372. The van der Waals surface area contributed by atoms with Gasteiger partial charge >= 0.3 is 0 Å². The first-order valence-electron chi connectivity index (χ1n) is 11.7. The topological polar surface area (TPSA) is 35.5 Å². The highest BCUT2D eigenvalue weighted by Gasteiger charge is 2.50. The molecule has 32 heavy (non-hydrogen) atoms. The third kappa shape index (κ3) is 3.70. The van der Waals surface area contributed by atoms with Gasteiger partial charge in [0.25, 0.3) is 0 Å². The molecule has 3 nitrogen and oxygen atoms in total. The lowest BCUT2D eigenvalue weighted by Gasteiger charge is -2.17. The molecule has 1 aliphatic carbocycles. The highest BCUT2D eigenvalue weighted by atomic mass is 16.7. The van der Waals surface area contributed by atoms with Gasteiger partial charge in [0.05, 0.1) is 5.41 Å². The summed E-state index contributed by atoms with van der Waals surface area (Å²) in [4.78, 5) is 13.4. The largest absolute Gasteiger partial charge is 0.454 e. The van der Waals surface area contributed by atoms with E-state index in [-0.39, 0.29) is 12.2 Å². The van der Waals surface area contributed by atoms with Crippen LogP contribution in [0.1, 0.15) is 61.8 Å². The lowest BCUT2D eigenvalue weighted by Crippen LogP contribution is -2.22. The first-order chi connectivity index (χ1) is 15.5. The highest BCUT2D eigenvalue weighted by molar-refractivity contribution is 5.95. The van der Waals surface area contributed by atoms with Crippen LogP contribution in [-0.2, 0) is 23.1 Å². The summed E-state index contributed by atoms with van der Waals surface area (Å²) >= 11 is 0. The van der Waals surface area contributed by atoms with Gasteiger partial charge in [-0.05, 0) is 70.7 Å². The summed E-state index contributed by atoms with van der Waals surface area (Å²) in [5, 5.41) is 0. The zero-order chi connectivity index (χ0) is 22.3. The van der Waals surface area contributed by atoms with Crippen molar-refractivity contribution in [3.63, 3.8) is 0 Å². The number of hydrogen-bond donors (Lipinski definition) is 0. The Balaban J connectivity index is 1.41.